The lowest BCUT2D eigenvalue weighted by atomic mass is 10.2. The Balaban J connectivity index is 1.48. The molecule has 6 nitrogen and oxygen atoms in total. The summed E-state index contributed by atoms with van der Waals surface area (Å²) in [5.41, 5.74) is 0. The van der Waals surface area contributed by atoms with Gasteiger partial charge in [0.05, 0.1) is 26.4 Å². The van der Waals surface area contributed by atoms with E-state index < -0.39 is 0 Å². The zero-order chi connectivity index (χ0) is 13.5. The normalized spacial score (nSPS) is 23.4. The summed E-state index contributed by atoms with van der Waals surface area (Å²) in [6.07, 6.45) is 5.60. The van der Waals surface area contributed by atoms with Gasteiger partial charge >= 0.3 is 0 Å². The minimum Gasteiger partial charge on any atom is -0.377 e. The summed E-state index contributed by atoms with van der Waals surface area (Å²) in [4.78, 5) is 23.6. The van der Waals surface area contributed by atoms with Gasteiger partial charge in [0, 0.05) is 18.8 Å². The summed E-state index contributed by atoms with van der Waals surface area (Å²) in [7, 11) is 0. The average molecular weight is 269 g/mol. The Labute approximate surface area is 112 Å². The Kier molecular flexibility index (Phi) is 5.50. The maximum absolute atomic E-state index is 11.2. The molecule has 0 aromatic rings. The SMILES string of the molecule is O=C1C=CC(=O)N1CCOCCOC1CCCCO1. The molecule has 2 aliphatic heterocycles. The van der Waals surface area contributed by atoms with Crippen molar-refractivity contribution in [2.45, 2.75) is 25.6 Å². The third kappa shape index (κ3) is 4.41. The van der Waals surface area contributed by atoms with E-state index in [9.17, 15) is 9.59 Å². The molecule has 106 valence electrons. The zero-order valence-corrected chi connectivity index (χ0v) is 10.9. The fraction of sp³-hybridized carbons (Fsp3) is 0.692. The molecular weight excluding hydrogens is 250 g/mol. The van der Waals surface area contributed by atoms with E-state index in [0.717, 1.165) is 30.8 Å². The summed E-state index contributed by atoms with van der Waals surface area (Å²) >= 11 is 0. The Hall–Kier alpha value is -1.24. The molecule has 0 aliphatic carbocycles. The van der Waals surface area contributed by atoms with Gasteiger partial charge < -0.3 is 14.2 Å². The number of ether oxygens (including phenoxy) is 3. The summed E-state index contributed by atoms with van der Waals surface area (Å²) < 4.78 is 16.2. The molecule has 1 atom stereocenters. The van der Waals surface area contributed by atoms with E-state index in [1.165, 1.54) is 12.2 Å². The van der Waals surface area contributed by atoms with Crippen molar-refractivity contribution in [3.05, 3.63) is 12.2 Å². The fourth-order valence-corrected chi connectivity index (χ4v) is 1.99. The van der Waals surface area contributed by atoms with Crippen molar-refractivity contribution in [3.63, 3.8) is 0 Å². The number of amides is 2. The van der Waals surface area contributed by atoms with E-state index in [1.807, 2.05) is 0 Å². The highest BCUT2D eigenvalue weighted by Crippen LogP contribution is 2.13. The van der Waals surface area contributed by atoms with Crippen LogP contribution in [0, 0.1) is 0 Å². The van der Waals surface area contributed by atoms with E-state index in [4.69, 9.17) is 14.2 Å². The molecule has 2 heterocycles. The number of hydrogen-bond acceptors (Lipinski definition) is 5. The zero-order valence-electron chi connectivity index (χ0n) is 10.9. The molecule has 0 aromatic carbocycles. The quantitative estimate of drug-likeness (QED) is 0.496. The van der Waals surface area contributed by atoms with E-state index in [-0.39, 0.29) is 24.6 Å². The molecular formula is C13H19NO5. The minimum atomic E-state index is -0.277. The van der Waals surface area contributed by atoms with Crippen molar-refractivity contribution in [2.75, 3.05) is 33.0 Å². The molecule has 19 heavy (non-hydrogen) atoms. The van der Waals surface area contributed by atoms with E-state index >= 15 is 0 Å². The number of carbonyl (C=O) groups is 2. The van der Waals surface area contributed by atoms with Gasteiger partial charge in [-0.05, 0) is 19.3 Å². The third-order valence-electron chi connectivity index (χ3n) is 3.03. The van der Waals surface area contributed by atoms with Crippen molar-refractivity contribution in [1.29, 1.82) is 0 Å². The van der Waals surface area contributed by atoms with Gasteiger partial charge in [-0.25, -0.2) is 0 Å². The van der Waals surface area contributed by atoms with Crippen LogP contribution < -0.4 is 0 Å². The smallest absolute Gasteiger partial charge is 0.253 e. The van der Waals surface area contributed by atoms with E-state index in [2.05, 4.69) is 0 Å². The van der Waals surface area contributed by atoms with E-state index in [1.54, 1.807) is 0 Å². The molecule has 0 radical (unpaired) electrons. The van der Waals surface area contributed by atoms with E-state index in [0.29, 0.717) is 19.8 Å². The van der Waals surface area contributed by atoms with Crippen LogP contribution in [0.15, 0.2) is 12.2 Å². The first-order chi connectivity index (χ1) is 9.27. The van der Waals surface area contributed by atoms with Gasteiger partial charge in [0.1, 0.15) is 0 Å². The van der Waals surface area contributed by atoms with Crippen molar-refractivity contribution in [1.82, 2.24) is 4.90 Å². The van der Waals surface area contributed by atoms with Crippen molar-refractivity contribution >= 4 is 11.8 Å². The lowest BCUT2D eigenvalue weighted by Gasteiger charge is -2.22. The number of hydrogen-bond donors (Lipinski definition) is 0. The third-order valence-corrected chi connectivity index (χ3v) is 3.03. The lowest BCUT2D eigenvalue weighted by Crippen LogP contribution is -2.33. The first kappa shape index (κ1) is 14.2. The van der Waals surface area contributed by atoms with Crippen LogP contribution in [0.3, 0.4) is 0 Å². The highest BCUT2D eigenvalue weighted by molar-refractivity contribution is 6.12. The Morgan fingerprint density at radius 3 is 2.63 bits per heavy atom. The molecule has 1 saturated heterocycles. The second-order valence-electron chi connectivity index (χ2n) is 4.44. The lowest BCUT2D eigenvalue weighted by molar-refractivity contribution is -0.169. The number of imide groups is 1. The summed E-state index contributed by atoms with van der Waals surface area (Å²) in [6, 6.07) is 0. The van der Waals surface area contributed by atoms with Crippen LogP contribution >= 0.6 is 0 Å². The molecule has 1 fully saturated rings. The Morgan fingerprint density at radius 2 is 1.95 bits per heavy atom. The largest absolute Gasteiger partial charge is 0.377 e. The van der Waals surface area contributed by atoms with Gasteiger partial charge in [0.2, 0.25) is 0 Å². The van der Waals surface area contributed by atoms with Crippen LogP contribution in [0.5, 0.6) is 0 Å². The molecule has 0 bridgehead atoms. The van der Waals surface area contributed by atoms with Crippen LogP contribution in [0.2, 0.25) is 0 Å². The second kappa shape index (κ2) is 7.37. The molecule has 0 aromatic heterocycles. The average Bonchev–Trinajstić information content (AvgIpc) is 2.75. The maximum atomic E-state index is 11.2. The molecule has 0 saturated carbocycles. The van der Waals surface area contributed by atoms with Crippen LogP contribution in [0.25, 0.3) is 0 Å². The number of nitrogens with zero attached hydrogens (tertiary/aromatic N) is 1. The number of carbonyl (C=O) groups excluding carboxylic acids is 2. The number of rotatable bonds is 7. The van der Waals surface area contributed by atoms with Gasteiger partial charge in [0.15, 0.2) is 6.29 Å². The van der Waals surface area contributed by atoms with Crippen LogP contribution in [0.4, 0.5) is 0 Å². The molecule has 6 heteroatoms. The summed E-state index contributed by atoms with van der Waals surface area (Å²) in [5, 5.41) is 0. The molecule has 2 aliphatic rings. The molecule has 0 spiro atoms. The second-order valence-corrected chi connectivity index (χ2v) is 4.44. The minimum absolute atomic E-state index is 0.108. The predicted molar refractivity (Wildman–Crippen MR) is 66.2 cm³/mol. The van der Waals surface area contributed by atoms with Gasteiger partial charge in [-0.3, -0.25) is 14.5 Å². The topological polar surface area (TPSA) is 65.1 Å². The molecule has 1 unspecified atom stereocenters. The molecule has 0 N–H and O–H groups in total. The highest BCUT2D eigenvalue weighted by Gasteiger charge is 2.22. The summed E-state index contributed by atoms with van der Waals surface area (Å²) in [5.74, 6) is -0.555. The predicted octanol–water partition coefficient (Wildman–Crippen LogP) is 0.471. The van der Waals surface area contributed by atoms with Crippen molar-refractivity contribution in [2.24, 2.45) is 0 Å². The molecule has 2 amide bonds. The van der Waals surface area contributed by atoms with Crippen LogP contribution in [-0.2, 0) is 23.8 Å². The fourth-order valence-electron chi connectivity index (χ4n) is 1.99. The van der Waals surface area contributed by atoms with Crippen LogP contribution in [-0.4, -0.2) is 56.0 Å². The summed E-state index contributed by atoms with van der Waals surface area (Å²) in [6.45, 7) is 2.27. The maximum Gasteiger partial charge on any atom is 0.253 e. The van der Waals surface area contributed by atoms with Gasteiger partial charge in [-0.15, -0.1) is 0 Å². The Bertz CT molecular complexity index is 331. The standard InChI is InChI=1S/C13H19NO5/c15-11-4-5-12(16)14(11)6-8-17-9-10-19-13-3-1-2-7-18-13/h4-5,13H,1-3,6-10H2. The van der Waals surface area contributed by atoms with Gasteiger partial charge in [-0.2, -0.15) is 0 Å². The first-order valence-electron chi connectivity index (χ1n) is 6.62. The highest BCUT2D eigenvalue weighted by atomic mass is 16.7. The molecule has 2 rings (SSSR count). The Morgan fingerprint density at radius 1 is 1.16 bits per heavy atom. The van der Waals surface area contributed by atoms with Crippen molar-refractivity contribution in [3.8, 4) is 0 Å². The van der Waals surface area contributed by atoms with Gasteiger partial charge in [-0.1, -0.05) is 0 Å². The van der Waals surface area contributed by atoms with Crippen molar-refractivity contribution < 1.29 is 23.8 Å². The first-order valence-corrected chi connectivity index (χ1v) is 6.62. The van der Waals surface area contributed by atoms with Gasteiger partial charge in [0.25, 0.3) is 11.8 Å². The van der Waals surface area contributed by atoms with Crippen LogP contribution in [0.1, 0.15) is 19.3 Å². The monoisotopic (exact) mass is 269 g/mol.